The molecule has 4 nitrogen and oxygen atoms in total. The quantitative estimate of drug-likeness (QED) is 0.454. The third-order valence-electron chi connectivity index (χ3n) is 5.25. The fraction of sp³-hybridized carbons (Fsp3) is 0.389. The highest BCUT2D eigenvalue weighted by Gasteiger charge is 2.56. The van der Waals surface area contributed by atoms with Crippen LogP contribution in [0.15, 0.2) is 39.9 Å². The lowest BCUT2D eigenvalue weighted by molar-refractivity contribution is -0.140. The van der Waals surface area contributed by atoms with Gasteiger partial charge in [0.2, 0.25) is 0 Å². The number of fused-ring (bicyclic) bond motifs is 1. The lowest BCUT2D eigenvalue weighted by Gasteiger charge is -2.37. The van der Waals surface area contributed by atoms with Gasteiger partial charge in [-0.1, -0.05) is 40.2 Å². The summed E-state index contributed by atoms with van der Waals surface area (Å²) in [6.07, 6.45) is 7.83. The Balaban J connectivity index is 1.60. The number of carbonyl (C=O) groups is 2. The van der Waals surface area contributed by atoms with Gasteiger partial charge in [-0.15, -0.1) is 0 Å². The molecule has 4 aliphatic rings. The van der Waals surface area contributed by atoms with E-state index in [9.17, 15) is 9.59 Å². The fourth-order valence-electron chi connectivity index (χ4n) is 3.99. The van der Waals surface area contributed by atoms with Gasteiger partial charge in [0.1, 0.15) is 0 Å². The van der Waals surface area contributed by atoms with Crippen LogP contribution >= 0.6 is 15.9 Å². The van der Waals surface area contributed by atoms with Crippen LogP contribution in [0, 0.1) is 30.6 Å². The molecule has 4 atom stereocenters. The molecule has 0 aromatic heterocycles. The zero-order valence-electron chi connectivity index (χ0n) is 12.8. The molecule has 1 aromatic rings. The average molecular weight is 373 g/mol. The molecule has 1 saturated heterocycles. The number of halogens is 1. The summed E-state index contributed by atoms with van der Waals surface area (Å²) >= 11 is 3.48. The lowest BCUT2D eigenvalue weighted by Crippen LogP contribution is -2.38. The van der Waals surface area contributed by atoms with Crippen LogP contribution in [0.1, 0.15) is 24.0 Å². The minimum absolute atomic E-state index is 0.138. The highest BCUT2D eigenvalue weighted by molar-refractivity contribution is 9.10. The minimum Gasteiger partial charge on any atom is -0.272 e. The number of allylic oxidation sites excluding steroid dienone is 2. The maximum Gasteiger partial charge on any atom is 0.254 e. The highest BCUT2D eigenvalue weighted by Crippen LogP contribution is 2.49. The lowest BCUT2D eigenvalue weighted by atomic mass is 9.63. The van der Waals surface area contributed by atoms with Gasteiger partial charge >= 0.3 is 0 Å². The van der Waals surface area contributed by atoms with Crippen molar-refractivity contribution >= 4 is 34.0 Å². The van der Waals surface area contributed by atoms with Gasteiger partial charge in [0.05, 0.1) is 18.1 Å². The predicted molar refractivity (Wildman–Crippen MR) is 90.7 cm³/mol. The first-order valence-electron chi connectivity index (χ1n) is 7.92. The summed E-state index contributed by atoms with van der Waals surface area (Å²) in [5, 5.41) is 5.31. The zero-order valence-corrected chi connectivity index (χ0v) is 14.4. The van der Waals surface area contributed by atoms with E-state index in [-0.39, 0.29) is 35.5 Å². The summed E-state index contributed by atoms with van der Waals surface area (Å²) in [7, 11) is 0. The first-order valence-corrected chi connectivity index (χ1v) is 8.72. The third kappa shape index (κ3) is 2.29. The molecule has 0 N–H and O–H groups in total. The molecule has 0 unspecified atom stereocenters. The van der Waals surface area contributed by atoms with Crippen LogP contribution in [0.25, 0.3) is 0 Å². The molecule has 0 radical (unpaired) electrons. The third-order valence-corrected chi connectivity index (χ3v) is 6.11. The summed E-state index contributed by atoms with van der Waals surface area (Å²) in [6, 6.07) is 5.83. The second kappa shape index (κ2) is 5.41. The second-order valence-electron chi connectivity index (χ2n) is 6.58. The van der Waals surface area contributed by atoms with Crippen molar-refractivity contribution in [2.45, 2.75) is 19.8 Å². The summed E-state index contributed by atoms with van der Waals surface area (Å²) in [4.78, 5) is 25.3. The number of hydrogen-bond acceptors (Lipinski definition) is 3. The summed E-state index contributed by atoms with van der Waals surface area (Å²) < 4.78 is 0.983. The maximum atomic E-state index is 12.6. The molecular weight excluding hydrogens is 356 g/mol. The van der Waals surface area contributed by atoms with Crippen LogP contribution in [-0.4, -0.2) is 23.0 Å². The smallest absolute Gasteiger partial charge is 0.254 e. The molecule has 118 valence electrons. The van der Waals surface area contributed by atoms with Gasteiger partial charge in [0.15, 0.2) is 0 Å². The second-order valence-corrected chi connectivity index (χ2v) is 7.44. The number of rotatable bonds is 2. The molecule has 5 heteroatoms. The van der Waals surface area contributed by atoms with Crippen molar-refractivity contribution in [1.82, 2.24) is 5.01 Å². The Morgan fingerprint density at radius 1 is 1.13 bits per heavy atom. The Kier molecular flexibility index (Phi) is 3.48. The average Bonchev–Trinajstić information content (AvgIpc) is 2.83. The Bertz CT molecular complexity index is 723. The fourth-order valence-corrected chi connectivity index (χ4v) is 4.38. The van der Waals surface area contributed by atoms with E-state index >= 15 is 0 Å². The van der Waals surface area contributed by atoms with E-state index in [1.807, 2.05) is 25.1 Å². The van der Waals surface area contributed by atoms with E-state index in [2.05, 4.69) is 33.2 Å². The van der Waals surface area contributed by atoms with Gasteiger partial charge in [0.25, 0.3) is 11.8 Å². The van der Waals surface area contributed by atoms with Crippen molar-refractivity contribution in [1.29, 1.82) is 0 Å². The van der Waals surface area contributed by atoms with Gasteiger partial charge in [-0.05, 0) is 48.8 Å². The van der Waals surface area contributed by atoms with Gasteiger partial charge in [-0.25, -0.2) is 0 Å². The van der Waals surface area contributed by atoms with E-state index in [0.29, 0.717) is 0 Å². The minimum atomic E-state index is -0.201. The molecule has 2 amide bonds. The Morgan fingerprint density at radius 3 is 2.26 bits per heavy atom. The molecule has 1 aliphatic heterocycles. The van der Waals surface area contributed by atoms with E-state index in [4.69, 9.17) is 0 Å². The maximum absolute atomic E-state index is 12.6. The Hall–Kier alpha value is -1.75. The number of hydrazone groups is 1. The largest absolute Gasteiger partial charge is 0.272 e. The SMILES string of the molecule is Cc1ccc(/C=N\N2C(=O)[C@@H]3[C@@H](C2=O)[C@H]2C=C[C@@H]3CC2)cc1Br. The molecule has 5 rings (SSSR count). The number of imide groups is 1. The topological polar surface area (TPSA) is 49.7 Å². The molecule has 1 aromatic carbocycles. The number of carbonyl (C=O) groups excluding carboxylic acids is 2. The van der Waals surface area contributed by atoms with Gasteiger partial charge in [0, 0.05) is 4.47 Å². The molecule has 2 bridgehead atoms. The van der Waals surface area contributed by atoms with E-state index in [1.54, 1.807) is 6.21 Å². The van der Waals surface area contributed by atoms with Crippen molar-refractivity contribution in [2.24, 2.45) is 28.8 Å². The van der Waals surface area contributed by atoms with E-state index < -0.39 is 0 Å². The first-order chi connectivity index (χ1) is 11.1. The monoisotopic (exact) mass is 372 g/mol. The van der Waals surface area contributed by atoms with Gasteiger partial charge < -0.3 is 0 Å². The van der Waals surface area contributed by atoms with Crippen molar-refractivity contribution in [3.05, 3.63) is 46.0 Å². The molecular formula is C18H17BrN2O2. The molecule has 23 heavy (non-hydrogen) atoms. The van der Waals surface area contributed by atoms with Crippen LogP contribution < -0.4 is 0 Å². The molecule has 2 fully saturated rings. The first kappa shape index (κ1) is 14.8. The standard InChI is InChI=1S/C18H17BrN2O2/c1-10-2-3-11(8-14(10)19)9-20-21-17(22)15-12-4-5-13(7-6-12)16(15)18(21)23/h2-5,8-9,12-13,15-16H,6-7H2,1H3/b20-9-/t12-,13+,15-,16-/m0/s1. The Morgan fingerprint density at radius 2 is 1.74 bits per heavy atom. The van der Waals surface area contributed by atoms with Crippen LogP contribution in [-0.2, 0) is 9.59 Å². The number of nitrogens with zero attached hydrogens (tertiary/aromatic N) is 2. The van der Waals surface area contributed by atoms with Crippen molar-refractivity contribution in [3.63, 3.8) is 0 Å². The highest BCUT2D eigenvalue weighted by atomic mass is 79.9. The summed E-state index contributed by atoms with van der Waals surface area (Å²) in [5.41, 5.74) is 1.99. The summed E-state index contributed by atoms with van der Waals surface area (Å²) in [6.45, 7) is 2.01. The van der Waals surface area contributed by atoms with Gasteiger partial charge in [-0.2, -0.15) is 10.1 Å². The molecule has 3 aliphatic carbocycles. The number of benzene rings is 1. The van der Waals surface area contributed by atoms with Gasteiger partial charge in [-0.3, -0.25) is 9.59 Å². The zero-order chi connectivity index (χ0) is 16.1. The number of aryl methyl sites for hydroxylation is 1. The van der Waals surface area contributed by atoms with Crippen LogP contribution in [0.5, 0.6) is 0 Å². The van der Waals surface area contributed by atoms with E-state index in [1.165, 1.54) is 0 Å². The molecule has 0 spiro atoms. The molecule has 1 saturated carbocycles. The Labute approximate surface area is 143 Å². The number of hydrogen-bond donors (Lipinski definition) is 0. The van der Waals surface area contributed by atoms with Crippen LogP contribution in [0.3, 0.4) is 0 Å². The van der Waals surface area contributed by atoms with Crippen LogP contribution in [0.2, 0.25) is 0 Å². The number of amides is 2. The normalized spacial score (nSPS) is 32.2. The predicted octanol–water partition coefficient (Wildman–Crippen LogP) is 3.29. The van der Waals surface area contributed by atoms with Crippen LogP contribution in [0.4, 0.5) is 0 Å². The van der Waals surface area contributed by atoms with Crippen molar-refractivity contribution in [2.75, 3.05) is 0 Å². The summed E-state index contributed by atoms with van der Waals surface area (Å²) in [5.74, 6) is -0.269. The van der Waals surface area contributed by atoms with Crippen molar-refractivity contribution in [3.8, 4) is 0 Å². The van der Waals surface area contributed by atoms with E-state index in [0.717, 1.165) is 33.5 Å². The molecule has 1 heterocycles. The van der Waals surface area contributed by atoms with Crippen molar-refractivity contribution < 1.29 is 9.59 Å².